The molecule has 0 heterocycles. The van der Waals surface area contributed by atoms with Crippen LogP contribution in [0.15, 0.2) is 24.3 Å². The number of hydrogen-bond donors (Lipinski definition) is 2. The normalized spacial score (nSPS) is 12.4. The first-order valence-corrected chi connectivity index (χ1v) is 7.18. The van der Waals surface area contributed by atoms with Gasteiger partial charge in [0.15, 0.2) is 0 Å². The second-order valence-corrected chi connectivity index (χ2v) is 4.92. The van der Waals surface area contributed by atoms with Crippen LogP contribution in [0.1, 0.15) is 42.6 Å². The first-order chi connectivity index (χ1) is 9.63. The maximum absolute atomic E-state index is 11.6. The van der Waals surface area contributed by atoms with Crippen molar-refractivity contribution in [2.75, 3.05) is 13.7 Å². The minimum absolute atomic E-state index is 0.318. The molecule has 1 rings (SSSR count). The van der Waals surface area contributed by atoms with E-state index in [-0.39, 0.29) is 12.1 Å². The van der Waals surface area contributed by atoms with Crippen LogP contribution in [-0.4, -0.2) is 30.8 Å². The Hall–Kier alpha value is -1.39. The van der Waals surface area contributed by atoms with Crippen molar-refractivity contribution in [1.82, 2.24) is 5.32 Å². The van der Waals surface area contributed by atoms with Crippen molar-refractivity contribution in [2.45, 2.75) is 39.3 Å². The topological polar surface area (TPSA) is 58.6 Å². The fraction of sp³-hybridized carbons (Fsp3) is 0.562. The third-order valence-corrected chi connectivity index (χ3v) is 3.68. The zero-order chi connectivity index (χ0) is 15.0. The van der Waals surface area contributed by atoms with E-state index in [1.165, 1.54) is 7.11 Å². The first-order valence-electron chi connectivity index (χ1n) is 7.18. The van der Waals surface area contributed by atoms with Crippen molar-refractivity contribution in [3.8, 4) is 0 Å². The summed E-state index contributed by atoms with van der Waals surface area (Å²) < 4.78 is 4.76. The Morgan fingerprint density at radius 3 is 2.55 bits per heavy atom. The quantitative estimate of drug-likeness (QED) is 0.717. The molecule has 1 atom stereocenters. The highest BCUT2D eigenvalue weighted by molar-refractivity contribution is 5.90. The molecule has 0 amide bonds. The molecule has 0 spiro atoms. The van der Waals surface area contributed by atoms with Gasteiger partial charge in [-0.05, 0) is 17.5 Å². The number of hydrogen-bond acceptors (Lipinski definition) is 4. The predicted molar refractivity (Wildman–Crippen MR) is 79.6 cm³/mol. The second-order valence-electron chi connectivity index (χ2n) is 4.92. The Morgan fingerprint density at radius 2 is 1.95 bits per heavy atom. The zero-order valence-electron chi connectivity index (χ0n) is 12.6. The van der Waals surface area contributed by atoms with Crippen LogP contribution in [0.3, 0.4) is 0 Å². The van der Waals surface area contributed by atoms with Crippen molar-refractivity contribution in [3.63, 3.8) is 0 Å². The summed E-state index contributed by atoms with van der Waals surface area (Å²) in [4.78, 5) is 11.6. The van der Waals surface area contributed by atoms with Crippen LogP contribution >= 0.6 is 0 Å². The highest BCUT2D eigenvalue weighted by Crippen LogP contribution is 2.13. The van der Waals surface area contributed by atoms with Crippen molar-refractivity contribution in [3.05, 3.63) is 35.4 Å². The maximum atomic E-state index is 11.6. The van der Waals surface area contributed by atoms with Gasteiger partial charge in [0.1, 0.15) is 0 Å². The maximum Gasteiger partial charge on any atom is 0.338 e. The molecule has 1 aromatic carbocycles. The highest BCUT2D eigenvalue weighted by Gasteiger charge is 2.15. The number of methoxy groups -OCH3 is 1. The first kappa shape index (κ1) is 16.7. The molecule has 0 aromatic heterocycles. The van der Waals surface area contributed by atoms with Crippen molar-refractivity contribution >= 4 is 5.97 Å². The number of rotatable bonds is 8. The molecule has 0 saturated heterocycles. The molecule has 0 radical (unpaired) electrons. The number of aliphatic hydroxyl groups is 1. The zero-order valence-corrected chi connectivity index (χ0v) is 12.6. The smallest absolute Gasteiger partial charge is 0.338 e. The van der Waals surface area contributed by atoms with Crippen LogP contribution in [0.25, 0.3) is 0 Å². The van der Waals surface area contributed by atoms with Crippen LogP contribution in [0.2, 0.25) is 0 Å². The lowest BCUT2D eigenvalue weighted by Gasteiger charge is -2.20. The summed E-state index contributed by atoms with van der Waals surface area (Å²) >= 11 is 0. The predicted octanol–water partition coefficient (Wildman–Crippen LogP) is 2.36. The van der Waals surface area contributed by atoms with Gasteiger partial charge in [0.2, 0.25) is 0 Å². The molecule has 112 valence electrons. The standard InChI is InChI=1S/C16H25NO3/c1-4-12(5-2)15(18)11-17-10-13-8-6-7-9-14(13)16(19)20-3/h6-9,12,15,17-18H,4-5,10-11H2,1-3H3. The van der Waals surface area contributed by atoms with Gasteiger partial charge in [-0.15, -0.1) is 0 Å². The van der Waals surface area contributed by atoms with Gasteiger partial charge in [-0.1, -0.05) is 44.9 Å². The summed E-state index contributed by atoms with van der Waals surface area (Å²) in [6, 6.07) is 7.35. The van der Waals surface area contributed by atoms with Gasteiger partial charge in [-0.2, -0.15) is 0 Å². The SMILES string of the molecule is CCC(CC)C(O)CNCc1ccccc1C(=O)OC. The molecular weight excluding hydrogens is 254 g/mol. The van der Waals surface area contributed by atoms with E-state index < -0.39 is 0 Å². The van der Waals surface area contributed by atoms with Crippen molar-refractivity contribution < 1.29 is 14.6 Å². The molecule has 0 aliphatic carbocycles. The van der Waals surface area contributed by atoms with Gasteiger partial charge in [-0.25, -0.2) is 4.79 Å². The van der Waals surface area contributed by atoms with Crippen molar-refractivity contribution in [2.24, 2.45) is 5.92 Å². The minimum Gasteiger partial charge on any atom is -0.465 e. The molecule has 0 bridgehead atoms. The molecule has 0 fully saturated rings. The van der Waals surface area contributed by atoms with E-state index in [0.29, 0.717) is 24.6 Å². The lowest BCUT2D eigenvalue weighted by atomic mass is 9.96. The Balaban J connectivity index is 2.56. The van der Waals surface area contributed by atoms with Gasteiger partial charge in [0.05, 0.1) is 18.8 Å². The van der Waals surface area contributed by atoms with E-state index >= 15 is 0 Å². The molecule has 1 unspecified atom stereocenters. The van der Waals surface area contributed by atoms with Crippen LogP contribution in [0, 0.1) is 5.92 Å². The number of carbonyl (C=O) groups is 1. The van der Waals surface area contributed by atoms with Gasteiger partial charge < -0.3 is 15.2 Å². The third kappa shape index (κ3) is 4.62. The summed E-state index contributed by atoms with van der Waals surface area (Å²) in [6.45, 7) is 5.25. The highest BCUT2D eigenvalue weighted by atomic mass is 16.5. The molecule has 4 nitrogen and oxygen atoms in total. The Labute approximate surface area is 121 Å². The molecular formula is C16H25NO3. The number of esters is 1. The minimum atomic E-state index is -0.352. The Kier molecular flexibility index (Phi) is 7.26. The van der Waals surface area contributed by atoms with Crippen LogP contribution in [0.4, 0.5) is 0 Å². The number of carbonyl (C=O) groups excluding carboxylic acids is 1. The van der Waals surface area contributed by atoms with Crippen molar-refractivity contribution in [1.29, 1.82) is 0 Å². The summed E-state index contributed by atoms with van der Waals surface area (Å²) in [5.41, 5.74) is 1.45. The average molecular weight is 279 g/mol. The molecule has 1 aromatic rings. The fourth-order valence-corrected chi connectivity index (χ4v) is 2.34. The van der Waals surface area contributed by atoms with Crippen LogP contribution < -0.4 is 5.32 Å². The molecule has 0 aliphatic rings. The molecule has 20 heavy (non-hydrogen) atoms. The number of nitrogens with one attached hydrogen (secondary N) is 1. The van der Waals surface area contributed by atoms with Gasteiger partial charge >= 0.3 is 5.97 Å². The van der Waals surface area contributed by atoms with E-state index in [1.807, 2.05) is 18.2 Å². The Bertz CT molecular complexity index is 416. The van der Waals surface area contributed by atoms with E-state index in [2.05, 4.69) is 19.2 Å². The largest absolute Gasteiger partial charge is 0.465 e. The number of aliphatic hydroxyl groups excluding tert-OH is 1. The van der Waals surface area contributed by atoms with E-state index in [1.54, 1.807) is 6.07 Å². The lowest BCUT2D eigenvalue weighted by Crippen LogP contribution is -2.32. The van der Waals surface area contributed by atoms with E-state index in [4.69, 9.17) is 4.74 Å². The molecule has 2 N–H and O–H groups in total. The summed E-state index contributed by atoms with van der Waals surface area (Å²) in [7, 11) is 1.38. The van der Waals surface area contributed by atoms with E-state index in [0.717, 1.165) is 18.4 Å². The lowest BCUT2D eigenvalue weighted by molar-refractivity contribution is 0.0599. The second kappa shape index (κ2) is 8.72. The number of ether oxygens (including phenoxy) is 1. The molecule has 0 saturated carbocycles. The fourth-order valence-electron chi connectivity index (χ4n) is 2.34. The summed E-state index contributed by atoms with van der Waals surface area (Å²) in [5.74, 6) is -0.0127. The van der Waals surface area contributed by atoms with Crippen LogP contribution in [0.5, 0.6) is 0 Å². The summed E-state index contributed by atoms with van der Waals surface area (Å²) in [6.07, 6.45) is 1.59. The molecule has 4 heteroatoms. The van der Waals surface area contributed by atoms with Gasteiger partial charge in [0, 0.05) is 13.1 Å². The Morgan fingerprint density at radius 1 is 1.30 bits per heavy atom. The van der Waals surface area contributed by atoms with Gasteiger partial charge in [-0.3, -0.25) is 0 Å². The van der Waals surface area contributed by atoms with E-state index in [9.17, 15) is 9.90 Å². The molecule has 0 aliphatic heterocycles. The monoisotopic (exact) mass is 279 g/mol. The average Bonchev–Trinajstić information content (AvgIpc) is 2.48. The third-order valence-electron chi connectivity index (χ3n) is 3.68. The summed E-state index contributed by atoms with van der Waals surface area (Å²) in [5, 5.41) is 13.3. The van der Waals surface area contributed by atoms with Crippen LogP contribution in [-0.2, 0) is 11.3 Å². The van der Waals surface area contributed by atoms with Gasteiger partial charge in [0.25, 0.3) is 0 Å². The number of benzene rings is 1.